The maximum atomic E-state index is 11.3. The van der Waals surface area contributed by atoms with E-state index in [1.807, 2.05) is 6.92 Å². The lowest BCUT2D eigenvalue weighted by molar-refractivity contribution is -0.384. The molecular weight excluding hydrogens is 256 g/mol. The number of aromatic nitrogens is 2. The van der Waals surface area contributed by atoms with Gasteiger partial charge in [0.25, 0.3) is 0 Å². The summed E-state index contributed by atoms with van der Waals surface area (Å²) in [5, 5.41) is 19.0. The van der Waals surface area contributed by atoms with Crippen molar-refractivity contribution in [2.45, 2.75) is 59.5 Å². The van der Waals surface area contributed by atoms with Crippen molar-refractivity contribution in [1.29, 1.82) is 0 Å². The van der Waals surface area contributed by atoms with Crippen LogP contribution in [0.15, 0.2) is 0 Å². The van der Waals surface area contributed by atoms with Crippen molar-refractivity contribution < 1.29 is 4.92 Å². The van der Waals surface area contributed by atoms with Crippen LogP contribution >= 0.6 is 0 Å². The Kier molecular flexibility index (Phi) is 4.30. The Balaban J connectivity index is 2.30. The molecule has 1 aliphatic carbocycles. The topological polar surface area (TPSA) is 73.0 Å². The van der Waals surface area contributed by atoms with Crippen LogP contribution in [-0.2, 0) is 6.54 Å². The van der Waals surface area contributed by atoms with Gasteiger partial charge in [0.2, 0.25) is 5.82 Å². The van der Waals surface area contributed by atoms with Crippen LogP contribution in [0.4, 0.5) is 11.5 Å². The van der Waals surface area contributed by atoms with Gasteiger partial charge in [-0.2, -0.15) is 5.10 Å². The van der Waals surface area contributed by atoms with E-state index in [1.54, 1.807) is 11.6 Å². The second-order valence-electron chi connectivity index (χ2n) is 5.87. The summed E-state index contributed by atoms with van der Waals surface area (Å²) in [4.78, 5) is 10.9. The standard InChI is InChI=1S/C14H24N4O2/c1-5-17-14(13(18(19)20)11(4)16-17)15-12-8-6-7-9(2)10(12)3/h9-10,12,15H,5-8H2,1-4H3. The normalized spacial score (nSPS) is 26.5. The van der Waals surface area contributed by atoms with Crippen molar-refractivity contribution in [3.8, 4) is 0 Å². The van der Waals surface area contributed by atoms with Crippen LogP contribution in [0.5, 0.6) is 0 Å². The number of anilines is 1. The lowest BCUT2D eigenvalue weighted by Crippen LogP contribution is -2.35. The number of aryl methyl sites for hydroxylation is 2. The molecule has 6 nitrogen and oxygen atoms in total. The third-order valence-electron chi connectivity index (χ3n) is 4.61. The van der Waals surface area contributed by atoms with Gasteiger partial charge in [0.15, 0.2) is 0 Å². The monoisotopic (exact) mass is 280 g/mol. The van der Waals surface area contributed by atoms with Gasteiger partial charge in [-0.1, -0.05) is 26.7 Å². The zero-order valence-electron chi connectivity index (χ0n) is 12.7. The first-order valence-corrected chi connectivity index (χ1v) is 7.44. The van der Waals surface area contributed by atoms with E-state index >= 15 is 0 Å². The molecule has 0 radical (unpaired) electrons. The highest BCUT2D eigenvalue weighted by Gasteiger charge is 2.31. The van der Waals surface area contributed by atoms with E-state index < -0.39 is 0 Å². The van der Waals surface area contributed by atoms with E-state index in [0.29, 0.717) is 35.9 Å². The van der Waals surface area contributed by atoms with E-state index in [2.05, 4.69) is 24.3 Å². The summed E-state index contributed by atoms with van der Waals surface area (Å²) >= 11 is 0. The maximum Gasteiger partial charge on any atom is 0.333 e. The predicted octanol–water partition coefficient (Wildman–Crippen LogP) is 3.36. The van der Waals surface area contributed by atoms with Crippen molar-refractivity contribution in [2.75, 3.05) is 5.32 Å². The van der Waals surface area contributed by atoms with Gasteiger partial charge in [-0.3, -0.25) is 10.1 Å². The first-order chi connectivity index (χ1) is 9.45. The molecule has 0 aliphatic heterocycles. The van der Waals surface area contributed by atoms with Crippen LogP contribution in [0.25, 0.3) is 0 Å². The molecule has 0 saturated heterocycles. The second-order valence-corrected chi connectivity index (χ2v) is 5.87. The van der Waals surface area contributed by atoms with Crippen LogP contribution in [0.2, 0.25) is 0 Å². The average Bonchev–Trinajstić information content (AvgIpc) is 2.71. The molecular formula is C14H24N4O2. The third kappa shape index (κ3) is 2.64. The van der Waals surface area contributed by atoms with E-state index in [1.165, 1.54) is 12.8 Å². The SMILES string of the molecule is CCn1nc(C)c([N+](=O)[O-])c1NC1CCCC(C)C1C. The van der Waals surface area contributed by atoms with Crippen LogP contribution in [-0.4, -0.2) is 20.7 Å². The zero-order valence-corrected chi connectivity index (χ0v) is 12.7. The molecule has 112 valence electrons. The minimum atomic E-state index is -0.326. The summed E-state index contributed by atoms with van der Waals surface area (Å²) in [7, 11) is 0. The summed E-state index contributed by atoms with van der Waals surface area (Å²) in [6.45, 7) is 8.77. The number of nitrogens with one attached hydrogen (secondary N) is 1. The number of nitrogens with zero attached hydrogens (tertiary/aromatic N) is 3. The molecule has 1 fully saturated rings. The molecule has 2 rings (SSSR count). The van der Waals surface area contributed by atoms with Crippen LogP contribution < -0.4 is 5.32 Å². The Bertz CT molecular complexity index is 498. The van der Waals surface area contributed by atoms with Crippen molar-refractivity contribution in [3.05, 3.63) is 15.8 Å². The number of nitro groups is 1. The molecule has 1 heterocycles. The van der Waals surface area contributed by atoms with Gasteiger partial charge < -0.3 is 5.32 Å². The summed E-state index contributed by atoms with van der Waals surface area (Å²) in [5.41, 5.74) is 0.605. The fourth-order valence-corrected chi connectivity index (χ4v) is 3.12. The summed E-state index contributed by atoms with van der Waals surface area (Å²) < 4.78 is 1.71. The highest BCUT2D eigenvalue weighted by Crippen LogP contribution is 2.35. The van der Waals surface area contributed by atoms with E-state index in [4.69, 9.17) is 0 Å². The Morgan fingerprint density at radius 2 is 2.15 bits per heavy atom. The summed E-state index contributed by atoms with van der Waals surface area (Å²) in [5.74, 6) is 1.74. The van der Waals surface area contributed by atoms with Gasteiger partial charge in [0.05, 0.1) is 4.92 Å². The highest BCUT2D eigenvalue weighted by molar-refractivity contribution is 5.60. The fraction of sp³-hybridized carbons (Fsp3) is 0.786. The summed E-state index contributed by atoms with van der Waals surface area (Å²) in [6, 6.07) is 0.291. The van der Waals surface area contributed by atoms with Gasteiger partial charge >= 0.3 is 5.69 Å². The van der Waals surface area contributed by atoms with Crippen LogP contribution in [0.3, 0.4) is 0 Å². The van der Waals surface area contributed by atoms with Crippen molar-refractivity contribution >= 4 is 11.5 Å². The van der Waals surface area contributed by atoms with Gasteiger partial charge in [0.1, 0.15) is 5.69 Å². The molecule has 1 aromatic heterocycles. The fourth-order valence-electron chi connectivity index (χ4n) is 3.12. The van der Waals surface area contributed by atoms with Crippen molar-refractivity contribution in [1.82, 2.24) is 9.78 Å². The first-order valence-electron chi connectivity index (χ1n) is 7.44. The molecule has 1 aliphatic rings. The zero-order chi connectivity index (χ0) is 14.9. The lowest BCUT2D eigenvalue weighted by Gasteiger charge is -2.34. The van der Waals surface area contributed by atoms with Gasteiger partial charge in [-0.25, -0.2) is 4.68 Å². The van der Waals surface area contributed by atoms with Crippen molar-refractivity contribution in [2.24, 2.45) is 11.8 Å². The predicted molar refractivity (Wildman–Crippen MR) is 78.9 cm³/mol. The Morgan fingerprint density at radius 3 is 2.75 bits per heavy atom. The van der Waals surface area contributed by atoms with Crippen LogP contribution in [0, 0.1) is 28.9 Å². The minimum absolute atomic E-state index is 0.122. The minimum Gasteiger partial charge on any atom is -0.362 e. The third-order valence-corrected chi connectivity index (χ3v) is 4.61. The molecule has 0 spiro atoms. The Morgan fingerprint density at radius 1 is 1.45 bits per heavy atom. The summed E-state index contributed by atoms with van der Waals surface area (Å²) in [6.07, 6.45) is 3.49. The van der Waals surface area contributed by atoms with Crippen molar-refractivity contribution in [3.63, 3.8) is 0 Å². The number of rotatable bonds is 4. The molecule has 1 saturated carbocycles. The van der Waals surface area contributed by atoms with E-state index in [0.717, 1.165) is 6.42 Å². The molecule has 3 unspecified atom stereocenters. The average molecular weight is 280 g/mol. The van der Waals surface area contributed by atoms with Crippen LogP contribution in [0.1, 0.15) is 45.7 Å². The maximum absolute atomic E-state index is 11.3. The molecule has 1 N–H and O–H groups in total. The van der Waals surface area contributed by atoms with Gasteiger partial charge in [-0.15, -0.1) is 0 Å². The molecule has 0 bridgehead atoms. The Labute approximate surface area is 119 Å². The first kappa shape index (κ1) is 14.8. The molecule has 0 aromatic carbocycles. The largest absolute Gasteiger partial charge is 0.362 e. The molecule has 0 amide bonds. The Hall–Kier alpha value is -1.59. The highest BCUT2D eigenvalue weighted by atomic mass is 16.6. The van der Waals surface area contributed by atoms with Gasteiger partial charge in [0, 0.05) is 12.6 Å². The quantitative estimate of drug-likeness (QED) is 0.678. The molecule has 6 heteroatoms. The molecule has 3 atom stereocenters. The smallest absolute Gasteiger partial charge is 0.333 e. The van der Waals surface area contributed by atoms with E-state index in [-0.39, 0.29) is 10.6 Å². The van der Waals surface area contributed by atoms with Gasteiger partial charge in [-0.05, 0) is 32.1 Å². The molecule has 20 heavy (non-hydrogen) atoms. The second kappa shape index (κ2) is 5.81. The lowest BCUT2D eigenvalue weighted by atomic mass is 9.78. The van der Waals surface area contributed by atoms with E-state index in [9.17, 15) is 10.1 Å². The number of hydrogen-bond acceptors (Lipinski definition) is 4. The molecule has 1 aromatic rings. The number of hydrogen-bond donors (Lipinski definition) is 1.